The molecule has 0 unspecified atom stereocenters. The smallest absolute Gasteiger partial charge is 0.222 e. The van der Waals surface area contributed by atoms with Crippen LogP contribution in [0.2, 0.25) is 0 Å². The molecule has 2 fully saturated rings. The van der Waals surface area contributed by atoms with E-state index in [1.54, 1.807) is 13.4 Å². The van der Waals surface area contributed by atoms with Crippen molar-refractivity contribution in [2.75, 3.05) is 44.8 Å². The summed E-state index contributed by atoms with van der Waals surface area (Å²) in [4.78, 5) is 25.6. The first kappa shape index (κ1) is 18.1. The first-order chi connectivity index (χ1) is 12.0. The predicted molar refractivity (Wildman–Crippen MR) is 97.7 cm³/mol. The molecule has 0 aliphatic carbocycles. The van der Waals surface area contributed by atoms with Crippen LogP contribution in [0.3, 0.4) is 0 Å². The third kappa shape index (κ3) is 3.94. The molecular weight excluding hydrogens is 316 g/mol. The number of aromatic nitrogens is 2. The maximum absolute atomic E-state index is 12.3. The molecule has 1 aromatic rings. The Balaban J connectivity index is 1.73. The highest BCUT2D eigenvalue weighted by Crippen LogP contribution is 2.40. The quantitative estimate of drug-likeness (QED) is 0.766. The zero-order valence-corrected chi connectivity index (χ0v) is 15.8. The Kier molecular flexibility index (Phi) is 5.57. The van der Waals surface area contributed by atoms with E-state index < -0.39 is 0 Å². The third-order valence-electron chi connectivity index (χ3n) is 5.80. The molecule has 2 saturated heterocycles. The minimum absolute atomic E-state index is 0.199. The number of piperidine rings is 2. The van der Waals surface area contributed by atoms with Crippen molar-refractivity contribution in [3.63, 3.8) is 0 Å². The molecule has 1 amide bonds. The Hall–Kier alpha value is -1.69. The van der Waals surface area contributed by atoms with Gasteiger partial charge in [0.25, 0.3) is 0 Å². The summed E-state index contributed by atoms with van der Waals surface area (Å²) in [6.07, 6.45) is 6.59. The van der Waals surface area contributed by atoms with Crippen molar-refractivity contribution >= 4 is 11.7 Å². The number of nitrogens with zero attached hydrogens (tertiary/aromatic N) is 4. The van der Waals surface area contributed by atoms with Crippen molar-refractivity contribution in [2.45, 2.75) is 46.0 Å². The highest BCUT2D eigenvalue weighted by Gasteiger charge is 2.42. The first-order valence-electron chi connectivity index (χ1n) is 9.34. The van der Waals surface area contributed by atoms with Gasteiger partial charge in [-0.3, -0.25) is 4.79 Å². The van der Waals surface area contributed by atoms with Gasteiger partial charge in [0.1, 0.15) is 12.1 Å². The van der Waals surface area contributed by atoms with E-state index in [4.69, 9.17) is 4.74 Å². The number of hydrogen-bond donors (Lipinski definition) is 0. The summed E-state index contributed by atoms with van der Waals surface area (Å²) in [5.41, 5.74) is 2.41. The number of ether oxygens (including phenoxy) is 1. The van der Waals surface area contributed by atoms with Gasteiger partial charge in [-0.05, 0) is 39.5 Å². The minimum atomic E-state index is 0.199. The van der Waals surface area contributed by atoms with Gasteiger partial charge in [0.05, 0.1) is 0 Å². The summed E-state index contributed by atoms with van der Waals surface area (Å²) in [5.74, 6) is 1.36. The molecule has 138 valence electrons. The van der Waals surface area contributed by atoms with Gasteiger partial charge < -0.3 is 14.5 Å². The lowest BCUT2D eigenvalue weighted by atomic mass is 9.73. The Morgan fingerprint density at radius 2 is 2.08 bits per heavy atom. The predicted octanol–water partition coefficient (Wildman–Crippen LogP) is 2.34. The van der Waals surface area contributed by atoms with Gasteiger partial charge in [0.15, 0.2) is 0 Å². The summed E-state index contributed by atoms with van der Waals surface area (Å²) in [5, 5.41) is 0. The van der Waals surface area contributed by atoms with Gasteiger partial charge in [0, 0.05) is 63.0 Å². The summed E-state index contributed by atoms with van der Waals surface area (Å²) in [7, 11) is 1.71. The van der Waals surface area contributed by atoms with E-state index in [-0.39, 0.29) is 5.41 Å². The average Bonchev–Trinajstić information content (AvgIpc) is 2.61. The van der Waals surface area contributed by atoms with E-state index in [1.165, 1.54) is 12.0 Å². The van der Waals surface area contributed by atoms with Gasteiger partial charge in [0.2, 0.25) is 5.91 Å². The van der Waals surface area contributed by atoms with Gasteiger partial charge in [-0.25, -0.2) is 9.97 Å². The summed E-state index contributed by atoms with van der Waals surface area (Å²) in [6, 6.07) is 0. The number of likely N-dealkylation sites (tertiary alicyclic amines) is 1. The SMILES string of the molecule is COCCCN1C[C@]2(CCCN(c3ncnc(C)c3C)C2)CCC1=O. The number of methoxy groups -OCH3 is 1. The molecule has 0 aromatic carbocycles. The lowest BCUT2D eigenvalue weighted by Gasteiger charge is -2.48. The van der Waals surface area contributed by atoms with Crippen LogP contribution >= 0.6 is 0 Å². The molecule has 0 N–H and O–H groups in total. The highest BCUT2D eigenvalue weighted by molar-refractivity contribution is 5.77. The van der Waals surface area contributed by atoms with Crippen LogP contribution in [0.15, 0.2) is 6.33 Å². The zero-order valence-electron chi connectivity index (χ0n) is 15.8. The van der Waals surface area contributed by atoms with Crippen molar-refractivity contribution < 1.29 is 9.53 Å². The molecule has 0 bridgehead atoms. The standard InChI is InChI=1S/C19H30N4O2/c1-15-16(2)20-14-21-18(15)23-9-4-7-19(13-23)8-6-17(24)22(12-19)10-5-11-25-3/h14H,4-13H2,1-3H3/t19-/m0/s1. The number of rotatable bonds is 5. The molecular formula is C19H30N4O2. The molecule has 0 radical (unpaired) electrons. The molecule has 1 atom stereocenters. The van der Waals surface area contributed by atoms with E-state index in [0.717, 1.165) is 57.0 Å². The first-order valence-corrected chi connectivity index (χ1v) is 9.34. The summed E-state index contributed by atoms with van der Waals surface area (Å²) in [6.45, 7) is 8.55. The fourth-order valence-electron chi connectivity index (χ4n) is 4.27. The van der Waals surface area contributed by atoms with E-state index in [9.17, 15) is 4.79 Å². The largest absolute Gasteiger partial charge is 0.385 e. The number of aryl methyl sites for hydroxylation is 1. The summed E-state index contributed by atoms with van der Waals surface area (Å²) >= 11 is 0. The van der Waals surface area contributed by atoms with Crippen LogP contribution in [-0.2, 0) is 9.53 Å². The molecule has 6 nitrogen and oxygen atoms in total. The lowest BCUT2D eigenvalue weighted by Crippen LogP contribution is -2.54. The van der Waals surface area contributed by atoms with Crippen molar-refractivity contribution in [3.05, 3.63) is 17.6 Å². The monoisotopic (exact) mass is 346 g/mol. The third-order valence-corrected chi connectivity index (χ3v) is 5.80. The maximum Gasteiger partial charge on any atom is 0.222 e. The second kappa shape index (κ2) is 7.68. The van der Waals surface area contributed by atoms with Gasteiger partial charge in [-0.1, -0.05) is 0 Å². The van der Waals surface area contributed by atoms with Crippen molar-refractivity contribution in [3.8, 4) is 0 Å². The highest BCUT2D eigenvalue weighted by atomic mass is 16.5. The minimum Gasteiger partial charge on any atom is -0.385 e. The molecule has 25 heavy (non-hydrogen) atoms. The van der Waals surface area contributed by atoms with E-state index in [2.05, 4.69) is 26.7 Å². The molecule has 1 aromatic heterocycles. The van der Waals surface area contributed by atoms with Gasteiger partial charge in [-0.2, -0.15) is 0 Å². The number of anilines is 1. The molecule has 2 aliphatic heterocycles. The fourth-order valence-corrected chi connectivity index (χ4v) is 4.27. The Labute approximate surface area is 150 Å². The average molecular weight is 346 g/mol. The van der Waals surface area contributed by atoms with Crippen LogP contribution in [0.4, 0.5) is 5.82 Å². The van der Waals surface area contributed by atoms with Crippen LogP contribution in [0.1, 0.15) is 43.4 Å². The topological polar surface area (TPSA) is 58.6 Å². The zero-order chi connectivity index (χ0) is 17.9. The Morgan fingerprint density at radius 3 is 2.88 bits per heavy atom. The summed E-state index contributed by atoms with van der Waals surface area (Å²) < 4.78 is 5.14. The molecule has 2 aliphatic rings. The van der Waals surface area contributed by atoms with Crippen LogP contribution in [0, 0.1) is 19.3 Å². The second-order valence-corrected chi connectivity index (χ2v) is 7.59. The van der Waals surface area contributed by atoms with Gasteiger partial charge >= 0.3 is 0 Å². The van der Waals surface area contributed by atoms with Crippen LogP contribution in [0.5, 0.6) is 0 Å². The van der Waals surface area contributed by atoms with Crippen molar-refractivity contribution in [2.24, 2.45) is 5.41 Å². The number of carbonyl (C=O) groups is 1. The van der Waals surface area contributed by atoms with Crippen LogP contribution in [0.25, 0.3) is 0 Å². The fraction of sp³-hybridized carbons (Fsp3) is 0.737. The molecule has 0 saturated carbocycles. The van der Waals surface area contributed by atoms with E-state index >= 15 is 0 Å². The van der Waals surface area contributed by atoms with Crippen LogP contribution in [-0.4, -0.2) is 60.7 Å². The maximum atomic E-state index is 12.3. The second-order valence-electron chi connectivity index (χ2n) is 7.59. The number of hydrogen-bond acceptors (Lipinski definition) is 5. The Bertz CT molecular complexity index is 621. The Morgan fingerprint density at radius 1 is 1.24 bits per heavy atom. The normalized spacial score (nSPS) is 24.2. The number of carbonyl (C=O) groups excluding carboxylic acids is 1. The molecule has 6 heteroatoms. The van der Waals surface area contributed by atoms with E-state index in [0.29, 0.717) is 18.9 Å². The molecule has 3 rings (SSSR count). The lowest BCUT2D eigenvalue weighted by molar-refractivity contribution is -0.138. The van der Waals surface area contributed by atoms with Crippen LogP contribution < -0.4 is 4.90 Å². The molecule has 3 heterocycles. The van der Waals surface area contributed by atoms with Crippen molar-refractivity contribution in [1.82, 2.24) is 14.9 Å². The van der Waals surface area contributed by atoms with Crippen molar-refractivity contribution in [1.29, 1.82) is 0 Å². The van der Waals surface area contributed by atoms with Gasteiger partial charge in [-0.15, -0.1) is 0 Å². The number of amides is 1. The van der Waals surface area contributed by atoms with E-state index in [1.807, 2.05) is 6.92 Å². The molecule has 1 spiro atoms.